The molecule has 0 atom stereocenters. The van der Waals surface area contributed by atoms with Gasteiger partial charge in [-0.3, -0.25) is 0 Å². The number of fused-ring (bicyclic) bond motifs is 1. The van der Waals surface area contributed by atoms with Crippen molar-refractivity contribution in [3.63, 3.8) is 0 Å². The molecule has 0 unspecified atom stereocenters. The van der Waals surface area contributed by atoms with Gasteiger partial charge in [-0.2, -0.15) is 5.10 Å². The molecule has 0 saturated heterocycles. The first-order chi connectivity index (χ1) is 12.1. The molecule has 2 N–H and O–H groups in total. The highest BCUT2D eigenvalue weighted by Gasteiger charge is 2.13. The summed E-state index contributed by atoms with van der Waals surface area (Å²) in [4.78, 5) is 16.5. The summed E-state index contributed by atoms with van der Waals surface area (Å²) >= 11 is 6.10. The van der Waals surface area contributed by atoms with E-state index >= 15 is 0 Å². The molecule has 0 fully saturated rings. The normalized spacial score (nSPS) is 11.0. The number of H-pyrrole nitrogens is 1. The number of aromatic amines is 1. The summed E-state index contributed by atoms with van der Waals surface area (Å²) in [7, 11) is 0. The Morgan fingerprint density at radius 2 is 1.92 bits per heavy atom. The van der Waals surface area contributed by atoms with Gasteiger partial charge in [0.05, 0.1) is 16.4 Å². The number of halogens is 2. The predicted molar refractivity (Wildman–Crippen MR) is 93.7 cm³/mol. The van der Waals surface area contributed by atoms with E-state index in [0.717, 1.165) is 5.56 Å². The molecule has 8 heteroatoms. The quantitative estimate of drug-likeness (QED) is 0.588. The van der Waals surface area contributed by atoms with Crippen LogP contribution in [0.2, 0.25) is 5.02 Å². The summed E-state index contributed by atoms with van der Waals surface area (Å²) in [5, 5.41) is 9.58. The Hall–Kier alpha value is -3.19. The fourth-order valence-corrected chi connectivity index (χ4v) is 2.65. The molecule has 6 nitrogen and oxygen atoms in total. The first kappa shape index (κ1) is 15.3. The number of anilines is 2. The second kappa shape index (κ2) is 6.03. The second-order valence-electron chi connectivity index (χ2n) is 5.30. The molecule has 4 aromatic rings. The van der Waals surface area contributed by atoms with Gasteiger partial charge in [-0.1, -0.05) is 41.9 Å². The lowest BCUT2D eigenvalue weighted by molar-refractivity contribution is 0.628. The van der Waals surface area contributed by atoms with Gasteiger partial charge in [-0.15, -0.1) is 0 Å². The van der Waals surface area contributed by atoms with Crippen LogP contribution in [-0.4, -0.2) is 19.6 Å². The van der Waals surface area contributed by atoms with E-state index in [4.69, 9.17) is 11.6 Å². The molecule has 2 aromatic carbocycles. The zero-order chi connectivity index (χ0) is 17.4. The van der Waals surface area contributed by atoms with Crippen molar-refractivity contribution < 1.29 is 4.39 Å². The molecule has 0 aliphatic rings. The molecule has 124 valence electrons. The van der Waals surface area contributed by atoms with Crippen molar-refractivity contribution in [1.82, 2.24) is 19.6 Å². The van der Waals surface area contributed by atoms with Gasteiger partial charge in [0, 0.05) is 11.6 Å². The van der Waals surface area contributed by atoms with Crippen LogP contribution in [-0.2, 0) is 0 Å². The molecule has 0 spiro atoms. The van der Waals surface area contributed by atoms with Gasteiger partial charge in [0.1, 0.15) is 5.82 Å². The highest BCUT2D eigenvalue weighted by Crippen LogP contribution is 2.27. The number of aromatic nitrogens is 4. The topological polar surface area (TPSA) is 75.1 Å². The van der Waals surface area contributed by atoms with Gasteiger partial charge in [-0.05, 0) is 18.2 Å². The van der Waals surface area contributed by atoms with Crippen LogP contribution in [0.25, 0.3) is 16.9 Å². The Morgan fingerprint density at radius 3 is 2.72 bits per heavy atom. The Labute approximate surface area is 145 Å². The maximum atomic E-state index is 13.5. The third-order valence-corrected chi connectivity index (χ3v) is 3.98. The SMILES string of the molecule is O=c1[nH]nc2cc(-c3ccccc3)nc(Nc3cc(F)ccc3Cl)n12. The molecule has 0 aliphatic carbocycles. The van der Waals surface area contributed by atoms with Crippen molar-refractivity contribution >= 4 is 28.9 Å². The molecular formula is C17H11ClFN5O. The van der Waals surface area contributed by atoms with Gasteiger partial charge >= 0.3 is 5.69 Å². The van der Waals surface area contributed by atoms with Crippen molar-refractivity contribution in [3.8, 4) is 11.3 Å². The minimum atomic E-state index is -0.461. The van der Waals surface area contributed by atoms with E-state index in [0.29, 0.717) is 22.1 Å². The van der Waals surface area contributed by atoms with E-state index in [1.165, 1.54) is 22.6 Å². The van der Waals surface area contributed by atoms with Crippen LogP contribution >= 0.6 is 11.6 Å². The number of hydrogen-bond acceptors (Lipinski definition) is 4. The summed E-state index contributed by atoms with van der Waals surface area (Å²) in [6.45, 7) is 0. The minimum Gasteiger partial charge on any atom is -0.324 e. The van der Waals surface area contributed by atoms with Crippen molar-refractivity contribution in [3.05, 3.63) is 75.9 Å². The van der Waals surface area contributed by atoms with Crippen LogP contribution in [0.5, 0.6) is 0 Å². The molecular weight excluding hydrogens is 345 g/mol. The molecule has 2 aromatic heterocycles. The monoisotopic (exact) mass is 355 g/mol. The van der Waals surface area contributed by atoms with Crippen LogP contribution < -0.4 is 11.0 Å². The molecule has 0 radical (unpaired) electrons. The van der Waals surface area contributed by atoms with Gasteiger partial charge in [-0.25, -0.2) is 23.7 Å². The smallest absolute Gasteiger partial charge is 0.324 e. The van der Waals surface area contributed by atoms with Crippen LogP contribution in [0, 0.1) is 5.82 Å². The van der Waals surface area contributed by atoms with Crippen molar-refractivity contribution in [1.29, 1.82) is 0 Å². The number of nitrogens with one attached hydrogen (secondary N) is 2. The lowest BCUT2D eigenvalue weighted by Gasteiger charge is -2.11. The third-order valence-electron chi connectivity index (χ3n) is 3.65. The summed E-state index contributed by atoms with van der Waals surface area (Å²) in [5.41, 5.74) is 1.69. The van der Waals surface area contributed by atoms with Crippen molar-refractivity contribution in [2.75, 3.05) is 5.32 Å². The van der Waals surface area contributed by atoms with Crippen LogP contribution in [0.1, 0.15) is 0 Å². The highest BCUT2D eigenvalue weighted by atomic mass is 35.5. The molecule has 2 heterocycles. The predicted octanol–water partition coefficient (Wildman–Crippen LogP) is 3.62. The lowest BCUT2D eigenvalue weighted by Crippen LogP contribution is -2.14. The van der Waals surface area contributed by atoms with E-state index in [-0.39, 0.29) is 5.95 Å². The zero-order valence-electron chi connectivity index (χ0n) is 12.7. The number of rotatable bonds is 3. The maximum absolute atomic E-state index is 13.5. The Morgan fingerprint density at radius 1 is 1.12 bits per heavy atom. The van der Waals surface area contributed by atoms with Gasteiger partial charge < -0.3 is 5.32 Å². The zero-order valence-corrected chi connectivity index (χ0v) is 13.5. The average molecular weight is 356 g/mol. The van der Waals surface area contributed by atoms with E-state index in [1.54, 1.807) is 6.07 Å². The van der Waals surface area contributed by atoms with E-state index in [2.05, 4.69) is 20.5 Å². The molecule has 0 amide bonds. The molecule has 0 saturated carbocycles. The standard InChI is InChI=1S/C17H11ClFN5O/c18-12-7-6-11(19)8-14(12)21-16-20-13(10-4-2-1-3-5-10)9-15-22-23-17(25)24(15)16/h1-9H,(H,20,21)(H,23,25). The van der Waals surface area contributed by atoms with Crippen LogP contribution in [0.4, 0.5) is 16.0 Å². The van der Waals surface area contributed by atoms with E-state index < -0.39 is 11.5 Å². The highest BCUT2D eigenvalue weighted by molar-refractivity contribution is 6.33. The molecule has 0 aliphatic heterocycles. The van der Waals surface area contributed by atoms with E-state index in [1.807, 2.05) is 30.3 Å². The minimum absolute atomic E-state index is 0.183. The number of hydrogen-bond donors (Lipinski definition) is 2. The van der Waals surface area contributed by atoms with Gasteiger partial charge in [0.25, 0.3) is 0 Å². The summed E-state index contributed by atoms with van der Waals surface area (Å²) in [6.07, 6.45) is 0. The van der Waals surface area contributed by atoms with E-state index in [9.17, 15) is 9.18 Å². The Bertz CT molecular complexity index is 1120. The molecule has 0 bridgehead atoms. The Kier molecular flexibility index (Phi) is 3.70. The molecule has 4 rings (SSSR count). The van der Waals surface area contributed by atoms with Crippen LogP contribution in [0.3, 0.4) is 0 Å². The van der Waals surface area contributed by atoms with Gasteiger partial charge in [0.2, 0.25) is 5.95 Å². The summed E-state index contributed by atoms with van der Waals surface area (Å²) in [5.74, 6) is -0.274. The number of benzene rings is 2. The fourth-order valence-electron chi connectivity index (χ4n) is 2.48. The fraction of sp³-hybridized carbons (Fsp3) is 0. The van der Waals surface area contributed by atoms with Gasteiger partial charge in [0.15, 0.2) is 5.65 Å². The summed E-state index contributed by atoms with van der Waals surface area (Å²) < 4.78 is 14.8. The first-order valence-corrected chi connectivity index (χ1v) is 7.75. The van der Waals surface area contributed by atoms with Crippen molar-refractivity contribution in [2.45, 2.75) is 0 Å². The Balaban J connectivity index is 1.91. The average Bonchev–Trinajstić information content (AvgIpc) is 3.00. The molecule has 25 heavy (non-hydrogen) atoms. The largest absolute Gasteiger partial charge is 0.350 e. The lowest BCUT2D eigenvalue weighted by atomic mass is 10.1. The van der Waals surface area contributed by atoms with Crippen molar-refractivity contribution in [2.24, 2.45) is 0 Å². The third kappa shape index (κ3) is 2.85. The summed E-state index contributed by atoms with van der Waals surface area (Å²) in [6, 6.07) is 15.0. The first-order valence-electron chi connectivity index (χ1n) is 7.37. The number of nitrogens with zero attached hydrogens (tertiary/aromatic N) is 3. The maximum Gasteiger partial charge on any atom is 0.350 e. The second-order valence-corrected chi connectivity index (χ2v) is 5.71. The van der Waals surface area contributed by atoms with Crippen LogP contribution in [0.15, 0.2) is 59.4 Å².